The smallest absolute Gasteiger partial charge is 0.222 e. The van der Waals surface area contributed by atoms with Crippen LogP contribution < -0.4 is 0 Å². The molecule has 1 aromatic carbocycles. The fraction of sp³-hybridized carbons (Fsp3) is 0.368. The molecule has 0 bridgehead atoms. The molecular weight excluding hydrogens is 291 g/mol. The molecule has 0 aliphatic rings. The Kier molecular flexibility index (Phi) is 6.27. The van der Waals surface area contributed by atoms with Gasteiger partial charge in [-0.3, -0.25) is 9.78 Å². The highest BCUT2D eigenvalue weighted by atomic mass is 19.1. The lowest BCUT2D eigenvalue weighted by atomic mass is 9.92. The van der Waals surface area contributed by atoms with Gasteiger partial charge in [0, 0.05) is 32.4 Å². The maximum atomic E-state index is 13.0. The highest BCUT2D eigenvalue weighted by Crippen LogP contribution is 2.24. The number of rotatable bonds is 7. The molecule has 0 saturated heterocycles. The molecule has 0 saturated carbocycles. The van der Waals surface area contributed by atoms with Gasteiger partial charge in [0.05, 0.1) is 0 Å². The van der Waals surface area contributed by atoms with Gasteiger partial charge in [-0.1, -0.05) is 19.1 Å². The number of nitrogens with zero attached hydrogens (tertiary/aromatic N) is 2. The second-order valence-electron chi connectivity index (χ2n) is 5.78. The van der Waals surface area contributed by atoms with Gasteiger partial charge >= 0.3 is 0 Å². The Morgan fingerprint density at radius 2 is 1.83 bits per heavy atom. The number of hydrogen-bond acceptors (Lipinski definition) is 2. The molecule has 1 atom stereocenters. The van der Waals surface area contributed by atoms with Gasteiger partial charge in [-0.2, -0.15) is 0 Å². The first-order valence-electron chi connectivity index (χ1n) is 7.98. The number of likely N-dealkylation sites (N-methyl/N-ethyl adjacent to an activating group) is 1. The molecule has 2 rings (SSSR count). The molecule has 4 heteroatoms. The molecule has 0 N–H and O–H groups in total. The van der Waals surface area contributed by atoms with Crippen molar-refractivity contribution >= 4 is 5.91 Å². The Morgan fingerprint density at radius 3 is 2.43 bits per heavy atom. The van der Waals surface area contributed by atoms with Gasteiger partial charge in [0.1, 0.15) is 5.82 Å². The van der Waals surface area contributed by atoms with E-state index in [9.17, 15) is 9.18 Å². The molecule has 1 amide bonds. The molecule has 23 heavy (non-hydrogen) atoms. The van der Waals surface area contributed by atoms with Crippen molar-refractivity contribution in [3.63, 3.8) is 0 Å². The first-order valence-corrected chi connectivity index (χ1v) is 7.98. The maximum absolute atomic E-state index is 13.0. The summed E-state index contributed by atoms with van der Waals surface area (Å²) in [5, 5.41) is 0. The molecule has 1 unspecified atom stereocenters. The summed E-state index contributed by atoms with van der Waals surface area (Å²) in [7, 11) is 1.83. The van der Waals surface area contributed by atoms with E-state index >= 15 is 0 Å². The zero-order valence-corrected chi connectivity index (χ0v) is 13.7. The van der Waals surface area contributed by atoms with E-state index < -0.39 is 0 Å². The SMILES string of the molecule is CCC(CC(=O)N(C)CCc1ccncc1)c1ccc(F)cc1. The first kappa shape index (κ1) is 17.1. The van der Waals surface area contributed by atoms with Crippen LogP contribution in [0.2, 0.25) is 0 Å². The minimum Gasteiger partial charge on any atom is -0.345 e. The van der Waals surface area contributed by atoms with E-state index in [0.29, 0.717) is 13.0 Å². The van der Waals surface area contributed by atoms with Crippen molar-refractivity contribution in [3.05, 3.63) is 65.7 Å². The number of aromatic nitrogens is 1. The molecule has 3 nitrogen and oxygen atoms in total. The predicted octanol–water partition coefficient (Wildman–Crippen LogP) is 3.81. The van der Waals surface area contributed by atoms with Crippen molar-refractivity contribution in [2.24, 2.45) is 0 Å². The number of carbonyl (C=O) groups excluding carboxylic acids is 1. The van der Waals surface area contributed by atoms with Gasteiger partial charge in [-0.05, 0) is 54.2 Å². The van der Waals surface area contributed by atoms with Crippen molar-refractivity contribution in [3.8, 4) is 0 Å². The zero-order chi connectivity index (χ0) is 16.7. The Hall–Kier alpha value is -2.23. The third kappa shape index (κ3) is 5.16. The summed E-state index contributed by atoms with van der Waals surface area (Å²) in [5.74, 6) is 0.00565. The quantitative estimate of drug-likeness (QED) is 0.778. The van der Waals surface area contributed by atoms with E-state index in [-0.39, 0.29) is 17.6 Å². The summed E-state index contributed by atoms with van der Waals surface area (Å²) in [4.78, 5) is 18.2. The maximum Gasteiger partial charge on any atom is 0.222 e. The van der Waals surface area contributed by atoms with Crippen LogP contribution in [0, 0.1) is 5.82 Å². The van der Waals surface area contributed by atoms with Crippen LogP contribution in [0.4, 0.5) is 4.39 Å². The summed E-state index contributed by atoms with van der Waals surface area (Å²) in [6.07, 6.45) is 5.65. The Labute approximate surface area is 137 Å². The van der Waals surface area contributed by atoms with Gasteiger partial charge in [0.25, 0.3) is 0 Å². The number of hydrogen-bond donors (Lipinski definition) is 0. The summed E-state index contributed by atoms with van der Waals surface area (Å²) in [6.45, 7) is 2.74. The average molecular weight is 314 g/mol. The van der Waals surface area contributed by atoms with Crippen molar-refractivity contribution in [2.45, 2.75) is 32.1 Å². The normalized spacial score (nSPS) is 12.0. The average Bonchev–Trinajstić information content (AvgIpc) is 2.59. The lowest BCUT2D eigenvalue weighted by Crippen LogP contribution is -2.30. The van der Waals surface area contributed by atoms with Crippen molar-refractivity contribution in [1.29, 1.82) is 0 Å². The summed E-state index contributed by atoms with van der Waals surface area (Å²) in [5.41, 5.74) is 2.19. The van der Waals surface area contributed by atoms with Crippen LogP contribution in [-0.4, -0.2) is 29.4 Å². The number of pyridine rings is 1. The molecule has 1 heterocycles. The zero-order valence-electron chi connectivity index (χ0n) is 13.7. The number of benzene rings is 1. The third-order valence-corrected chi connectivity index (χ3v) is 4.17. The Bertz CT molecular complexity index is 613. The monoisotopic (exact) mass is 314 g/mol. The fourth-order valence-corrected chi connectivity index (χ4v) is 2.57. The van der Waals surface area contributed by atoms with Crippen LogP contribution >= 0.6 is 0 Å². The molecule has 122 valence electrons. The van der Waals surface area contributed by atoms with Crippen LogP contribution in [0.25, 0.3) is 0 Å². The summed E-state index contributed by atoms with van der Waals surface area (Å²) < 4.78 is 13.0. The number of halogens is 1. The Balaban J connectivity index is 1.89. The third-order valence-electron chi connectivity index (χ3n) is 4.17. The minimum absolute atomic E-state index is 0.121. The van der Waals surface area contributed by atoms with E-state index in [2.05, 4.69) is 11.9 Å². The second kappa shape index (κ2) is 8.42. The van der Waals surface area contributed by atoms with Crippen LogP contribution in [-0.2, 0) is 11.2 Å². The second-order valence-corrected chi connectivity index (χ2v) is 5.78. The minimum atomic E-state index is -0.246. The van der Waals surface area contributed by atoms with Crippen LogP contribution in [0.3, 0.4) is 0 Å². The summed E-state index contributed by atoms with van der Waals surface area (Å²) >= 11 is 0. The highest BCUT2D eigenvalue weighted by Gasteiger charge is 2.17. The molecule has 0 radical (unpaired) electrons. The van der Waals surface area contributed by atoms with Gasteiger partial charge in [-0.15, -0.1) is 0 Å². The van der Waals surface area contributed by atoms with Crippen LogP contribution in [0.1, 0.15) is 36.8 Å². The molecule has 0 spiro atoms. The van der Waals surface area contributed by atoms with E-state index in [4.69, 9.17) is 0 Å². The van der Waals surface area contributed by atoms with Crippen molar-refractivity contribution in [2.75, 3.05) is 13.6 Å². The van der Waals surface area contributed by atoms with E-state index in [1.807, 2.05) is 19.2 Å². The van der Waals surface area contributed by atoms with Crippen LogP contribution in [0.15, 0.2) is 48.8 Å². The van der Waals surface area contributed by atoms with Gasteiger partial charge in [0.2, 0.25) is 5.91 Å². The number of carbonyl (C=O) groups is 1. The molecule has 0 fully saturated rings. The Morgan fingerprint density at radius 1 is 1.17 bits per heavy atom. The van der Waals surface area contributed by atoms with Crippen LogP contribution in [0.5, 0.6) is 0 Å². The van der Waals surface area contributed by atoms with E-state index in [0.717, 1.165) is 18.4 Å². The van der Waals surface area contributed by atoms with Crippen molar-refractivity contribution in [1.82, 2.24) is 9.88 Å². The lowest BCUT2D eigenvalue weighted by molar-refractivity contribution is -0.130. The van der Waals surface area contributed by atoms with E-state index in [1.165, 1.54) is 17.7 Å². The molecule has 0 aliphatic carbocycles. The lowest BCUT2D eigenvalue weighted by Gasteiger charge is -2.21. The molecule has 0 aliphatic heterocycles. The molecule has 2 aromatic rings. The van der Waals surface area contributed by atoms with Gasteiger partial charge in [-0.25, -0.2) is 4.39 Å². The topological polar surface area (TPSA) is 33.2 Å². The fourth-order valence-electron chi connectivity index (χ4n) is 2.57. The highest BCUT2D eigenvalue weighted by molar-refractivity contribution is 5.76. The first-order chi connectivity index (χ1) is 11.1. The van der Waals surface area contributed by atoms with Crippen molar-refractivity contribution < 1.29 is 9.18 Å². The van der Waals surface area contributed by atoms with E-state index in [1.54, 1.807) is 29.4 Å². The number of amides is 1. The largest absolute Gasteiger partial charge is 0.345 e. The standard InChI is InChI=1S/C19H23FN2O/c1-3-16(17-4-6-18(20)7-5-17)14-19(23)22(2)13-10-15-8-11-21-12-9-15/h4-9,11-12,16H,3,10,13-14H2,1-2H3. The molecule has 1 aromatic heterocycles. The van der Waals surface area contributed by atoms with Gasteiger partial charge in [0.15, 0.2) is 0 Å². The molecular formula is C19H23FN2O. The predicted molar refractivity (Wildman–Crippen MR) is 89.6 cm³/mol. The van der Waals surface area contributed by atoms with Gasteiger partial charge < -0.3 is 4.90 Å². The summed E-state index contributed by atoms with van der Waals surface area (Å²) in [6, 6.07) is 10.4.